The van der Waals surface area contributed by atoms with Crippen molar-refractivity contribution in [3.05, 3.63) is 40.4 Å². The Morgan fingerprint density at radius 1 is 1.36 bits per heavy atom. The average Bonchev–Trinajstić information content (AvgIpc) is 3.04. The normalized spacial score (nSPS) is 16.1. The van der Waals surface area contributed by atoms with Crippen LogP contribution in [0.1, 0.15) is 5.69 Å². The number of ether oxygens (including phenoxy) is 2. The van der Waals surface area contributed by atoms with E-state index in [1.54, 1.807) is 31.4 Å². The minimum absolute atomic E-state index is 0.160. The van der Waals surface area contributed by atoms with Crippen LogP contribution in [0.2, 0.25) is 0 Å². The molecule has 0 amide bonds. The Morgan fingerprint density at radius 3 is 2.76 bits per heavy atom. The number of H-pyrrole nitrogens is 1. The number of aliphatic imine (C=N–C) groups is 1. The van der Waals surface area contributed by atoms with Crippen molar-refractivity contribution in [1.29, 1.82) is 0 Å². The zero-order chi connectivity index (χ0) is 17.6. The third-order valence-corrected chi connectivity index (χ3v) is 3.96. The fourth-order valence-electron chi connectivity index (χ4n) is 2.56. The van der Waals surface area contributed by atoms with E-state index in [1.807, 2.05) is 0 Å². The van der Waals surface area contributed by atoms with Gasteiger partial charge >= 0.3 is 11.3 Å². The Balaban J connectivity index is 1.75. The molecule has 2 heterocycles. The van der Waals surface area contributed by atoms with Gasteiger partial charge in [0.15, 0.2) is 0 Å². The van der Waals surface area contributed by atoms with Gasteiger partial charge in [-0.15, -0.1) is 0 Å². The van der Waals surface area contributed by atoms with Crippen molar-refractivity contribution >= 4 is 5.90 Å². The summed E-state index contributed by atoms with van der Waals surface area (Å²) in [7, 11) is 1.56. The van der Waals surface area contributed by atoms with Gasteiger partial charge in [-0.2, -0.15) is 0 Å². The van der Waals surface area contributed by atoms with Gasteiger partial charge in [0.05, 0.1) is 32.8 Å². The van der Waals surface area contributed by atoms with Gasteiger partial charge in [0.25, 0.3) is 0 Å². The van der Waals surface area contributed by atoms with E-state index < -0.39 is 11.5 Å². The SMILES string of the molecule is COc1ccc(-[n+]2[nH]oc(=O)c2C([O-])=NCCN2CCOCC2)cc1. The molecule has 9 nitrogen and oxygen atoms in total. The molecule has 2 aromatic rings. The highest BCUT2D eigenvalue weighted by atomic mass is 16.5. The summed E-state index contributed by atoms with van der Waals surface area (Å²) in [5.74, 6) is 0.0531. The van der Waals surface area contributed by atoms with Crippen molar-refractivity contribution in [3.63, 3.8) is 0 Å². The first kappa shape index (κ1) is 17.2. The number of hydrogen-bond donors (Lipinski definition) is 1. The Labute approximate surface area is 144 Å². The van der Waals surface area contributed by atoms with Gasteiger partial charge in [-0.05, 0) is 22.1 Å². The molecule has 0 saturated carbocycles. The van der Waals surface area contributed by atoms with E-state index in [0.29, 0.717) is 37.7 Å². The lowest BCUT2D eigenvalue weighted by Crippen LogP contribution is -2.45. The fourth-order valence-corrected chi connectivity index (χ4v) is 2.56. The van der Waals surface area contributed by atoms with Crippen LogP contribution in [0.4, 0.5) is 0 Å². The first-order chi connectivity index (χ1) is 12.2. The molecule has 1 aliphatic rings. The third-order valence-electron chi connectivity index (χ3n) is 3.96. The van der Waals surface area contributed by atoms with Crippen molar-refractivity contribution < 1.29 is 23.8 Å². The molecular formula is C16H20N4O5. The highest BCUT2D eigenvalue weighted by Gasteiger charge is 2.23. The number of aromatic nitrogens is 2. The molecule has 0 aliphatic carbocycles. The predicted octanol–water partition coefficient (Wildman–Crippen LogP) is -1.31. The van der Waals surface area contributed by atoms with E-state index >= 15 is 0 Å². The highest BCUT2D eigenvalue weighted by Crippen LogP contribution is 2.10. The number of hydrogen-bond acceptors (Lipinski definition) is 7. The molecule has 1 saturated heterocycles. The van der Waals surface area contributed by atoms with E-state index in [2.05, 4.69) is 15.2 Å². The van der Waals surface area contributed by atoms with Gasteiger partial charge in [-0.3, -0.25) is 14.4 Å². The number of morpholine rings is 1. The van der Waals surface area contributed by atoms with E-state index in [0.717, 1.165) is 13.1 Å². The van der Waals surface area contributed by atoms with Crippen LogP contribution in [0.3, 0.4) is 0 Å². The standard InChI is InChI=1S/C16H20N4O5/c1-23-13-4-2-12(3-5-13)20-14(16(22)25-18-20)15(21)17-6-7-19-8-10-24-11-9-19/h2-5H,6-11H2,1H3,(H-,17,18,21,22). The quantitative estimate of drug-likeness (QED) is 0.395. The van der Waals surface area contributed by atoms with Gasteiger partial charge in [-0.25, -0.2) is 4.79 Å². The molecule has 0 spiro atoms. The molecular weight excluding hydrogens is 328 g/mol. The van der Waals surface area contributed by atoms with E-state index in [9.17, 15) is 9.90 Å². The second-order valence-electron chi connectivity index (χ2n) is 5.50. The molecule has 0 atom stereocenters. The fraction of sp³-hybridized carbons (Fsp3) is 0.438. The van der Waals surface area contributed by atoms with Gasteiger partial charge < -0.3 is 14.6 Å². The summed E-state index contributed by atoms with van der Waals surface area (Å²) in [6.07, 6.45) is 0. The van der Waals surface area contributed by atoms with Crippen LogP contribution < -0.4 is 20.2 Å². The number of nitrogens with one attached hydrogen (secondary N) is 1. The summed E-state index contributed by atoms with van der Waals surface area (Å²) in [5, 5.41) is 14.8. The Morgan fingerprint density at radius 2 is 2.08 bits per heavy atom. The monoisotopic (exact) mass is 348 g/mol. The molecule has 1 aromatic heterocycles. The van der Waals surface area contributed by atoms with Crippen molar-refractivity contribution in [2.24, 2.45) is 4.99 Å². The lowest BCUT2D eigenvalue weighted by molar-refractivity contribution is -0.673. The smallest absolute Gasteiger partial charge is 0.436 e. The van der Waals surface area contributed by atoms with Crippen molar-refractivity contribution in [2.75, 3.05) is 46.5 Å². The molecule has 0 bridgehead atoms. The van der Waals surface area contributed by atoms with Crippen LogP contribution in [0.15, 0.2) is 38.6 Å². The van der Waals surface area contributed by atoms with Crippen molar-refractivity contribution in [1.82, 2.24) is 10.2 Å². The Hall–Kier alpha value is -2.65. The topological polar surface area (TPSA) is 107 Å². The summed E-state index contributed by atoms with van der Waals surface area (Å²) >= 11 is 0. The highest BCUT2D eigenvalue weighted by molar-refractivity contribution is 5.86. The van der Waals surface area contributed by atoms with Crippen LogP contribution in [-0.2, 0) is 4.74 Å². The molecule has 25 heavy (non-hydrogen) atoms. The van der Waals surface area contributed by atoms with Gasteiger partial charge in [-0.1, -0.05) is 0 Å². The molecule has 1 aliphatic heterocycles. The molecule has 0 radical (unpaired) electrons. The number of aromatic amines is 1. The maximum Gasteiger partial charge on any atom is 0.436 e. The summed E-state index contributed by atoms with van der Waals surface area (Å²) in [6, 6.07) is 6.85. The van der Waals surface area contributed by atoms with Gasteiger partial charge in [0.1, 0.15) is 5.75 Å². The van der Waals surface area contributed by atoms with Gasteiger partial charge in [0, 0.05) is 31.8 Å². The van der Waals surface area contributed by atoms with Crippen LogP contribution in [0, 0.1) is 0 Å². The van der Waals surface area contributed by atoms with Crippen LogP contribution in [0.5, 0.6) is 5.75 Å². The molecule has 1 N–H and O–H groups in total. The van der Waals surface area contributed by atoms with Gasteiger partial charge in [0.2, 0.25) is 5.69 Å². The summed E-state index contributed by atoms with van der Waals surface area (Å²) in [5.41, 5.74) is -0.346. The van der Waals surface area contributed by atoms with Crippen molar-refractivity contribution in [2.45, 2.75) is 0 Å². The molecule has 0 unspecified atom stereocenters. The lowest BCUT2D eigenvalue weighted by Gasteiger charge is -2.25. The third kappa shape index (κ3) is 4.06. The Kier molecular flexibility index (Phi) is 5.46. The molecule has 9 heteroatoms. The van der Waals surface area contributed by atoms with Crippen LogP contribution >= 0.6 is 0 Å². The summed E-state index contributed by atoms with van der Waals surface area (Å²) < 4.78 is 16.4. The summed E-state index contributed by atoms with van der Waals surface area (Å²) in [6.45, 7) is 3.97. The van der Waals surface area contributed by atoms with Crippen LogP contribution in [0.25, 0.3) is 5.69 Å². The Bertz CT molecular complexity index is 775. The molecule has 134 valence electrons. The van der Waals surface area contributed by atoms with E-state index in [1.165, 1.54) is 4.68 Å². The summed E-state index contributed by atoms with van der Waals surface area (Å²) in [4.78, 5) is 18.1. The zero-order valence-electron chi connectivity index (χ0n) is 13.9. The molecule has 3 rings (SSSR count). The van der Waals surface area contributed by atoms with Crippen molar-refractivity contribution in [3.8, 4) is 11.4 Å². The first-order valence-electron chi connectivity index (χ1n) is 7.99. The minimum atomic E-state index is -0.754. The van der Waals surface area contributed by atoms with E-state index in [4.69, 9.17) is 14.0 Å². The second kappa shape index (κ2) is 7.95. The number of methoxy groups -OCH3 is 1. The maximum absolute atomic E-state index is 12.4. The zero-order valence-corrected chi connectivity index (χ0v) is 13.9. The van der Waals surface area contributed by atoms with Crippen LogP contribution in [-0.4, -0.2) is 62.6 Å². The second-order valence-corrected chi connectivity index (χ2v) is 5.50. The number of rotatable bonds is 6. The molecule has 1 aromatic carbocycles. The van der Waals surface area contributed by atoms with E-state index in [-0.39, 0.29) is 5.69 Å². The minimum Gasteiger partial charge on any atom is -0.854 e. The number of benzene rings is 1. The maximum atomic E-state index is 12.4. The lowest BCUT2D eigenvalue weighted by atomic mass is 10.3. The first-order valence-corrected chi connectivity index (χ1v) is 7.99. The molecule has 1 fully saturated rings. The average molecular weight is 348 g/mol. The number of nitrogens with zero attached hydrogens (tertiary/aromatic N) is 3. The largest absolute Gasteiger partial charge is 0.854 e. The predicted molar refractivity (Wildman–Crippen MR) is 86.1 cm³/mol.